The normalized spacial score (nSPS) is 19.2. The molecule has 1 aromatic rings. The van der Waals surface area contributed by atoms with Gasteiger partial charge < -0.3 is 9.64 Å². The Morgan fingerprint density at radius 3 is 2.94 bits per heavy atom. The number of halogens is 1. The van der Waals surface area contributed by atoms with Gasteiger partial charge in [0.25, 0.3) is 5.91 Å². The number of carbonyl (C=O) groups is 1. The maximum atomic E-state index is 12.6. The lowest BCUT2D eigenvalue weighted by Gasteiger charge is -2.27. The zero-order valence-corrected chi connectivity index (χ0v) is 10.8. The maximum absolute atomic E-state index is 12.6. The minimum Gasteiger partial charge on any atom is -0.491 e. The van der Waals surface area contributed by atoms with Crippen LogP contribution in [0.1, 0.15) is 29.3 Å². The van der Waals surface area contributed by atoms with E-state index in [1.54, 1.807) is 11.0 Å². The Morgan fingerprint density at radius 2 is 2.28 bits per heavy atom. The fourth-order valence-corrected chi connectivity index (χ4v) is 2.33. The number of fused-ring (bicyclic) bond motifs is 1. The average molecular weight is 251 g/mol. The molecule has 1 heterocycles. The standard InChI is InChI=1S/C14H18FNO2/c1-3-11-9-18-12-6-4-5-10(2)13(12)14(17)16(11)8-7-15/h4-6,11H,3,7-9H2,1-2H3/t11-/m0/s1. The second kappa shape index (κ2) is 5.38. The molecule has 18 heavy (non-hydrogen) atoms. The summed E-state index contributed by atoms with van der Waals surface area (Å²) in [6.45, 7) is 3.89. The average Bonchev–Trinajstić information content (AvgIpc) is 2.49. The van der Waals surface area contributed by atoms with Crippen molar-refractivity contribution >= 4 is 5.91 Å². The van der Waals surface area contributed by atoms with Gasteiger partial charge in [-0.25, -0.2) is 4.39 Å². The van der Waals surface area contributed by atoms with E-state index in [1.165, 1.54) is 0 Å². The van der Waals surface area contributed by atoms with Crippen LogP contribution in [0.3, 0.4) is 0 Å². The number of ether oxygens (including phenoxy) is 1. The van der Waals surface area contributed by atoms with Gasteiger partial charge in [0, 0.05) is 6.54 Å². The molecule has 0 aromatic heterocycles. The molecule has 2 rings (SSSR count). The number of amides is 1. The number of aryl methyl sites for hydroxylation is 1. The van der Waals surface area contributed by atoms with Crippen molar-refractivity contribution in [1.82, 2.24) is 4.90 Å². The lowest BCUT2D eigenvalue weighted by atomic mass is 10.1. The Balaban J connectivity index is 2.43. The first-order chi connectivity index (χ1) is 8.69. The Kier molecular flexibility index (Phi) is 3.84. The third-order valence-electron chi connectivity index (χ3n) is 3.38. The number of alkyl halides is 1. The highest BCUT2D eigenvalue weighted by Gasteiger charge is 2.30. The largest absolute Gasteiger partial charge is 0.491 e. The van der Waals surface area contributed by atoms with Crippen molar-refractivity contribution in [2.75, 3.05) is 19.8 Å². The van der Waals surface area contributed by atoms with Gasteiger partial charge >= 0.3 is 0 Å². The molecule has 98 valence electrons. The number of nitrogens with zero attached hydrogens (tertiary/aromatic N) is 1. The molecule has 3 nitrogen and oxygen atoms in total. The summed E-state index contributed by atoms with van der Waals surface area (Å²) in [4.78, 5) is 14.1. The van der Waals surface area contributed by atoms with Crippen LogP contribution in [0, 0.1) is 6.92 Å². The second-order valence-corrected chi connectivity index (χ2v) is 4.51. The van der Waals surface area contributed by atoms with Crippen molar-refractivity contribution in [2.45, 2.75) is 26.3 Å². The third kappa shape index (κ3) is 2.19. The molecular formula is C14H18FNO2. The van der Waals surface area contributed by atoms with Gasteiger partial charge in [-0.3, -0.25) is 4.79 Å². The highest BCUT2D eigenvalue weighted by Crippen LogP contribution is 2.28. The Hall–Kier alpha value is -1.58. The zero-order valence-electron chi connectivity index (χ0n) is 10.8. The second-order valence-electron chi connectivity index (χ2n) is 4.51. The summed E-state index contributed by atoms with van der Waals surface area (Å²) in [5, 5.41) is 0. The van der Waals surface area contributed by atoms with Crippen molar-refractivity contribution in [2.24, 2.45) is 0 Å². The van der Waals surface area contributed by atoms with Crippen molar-refractivity contribution < 1.29 is 13.9 Å². The molecule has 0 fully saturated rings. The van der Waals surface area contributed by atoms with Crippen LogP contribution in [0.15, 0.2) is 18.2 Å². The Labute approximate surface area is 107 Å². The molecule has 1 atom stereocenters. The van der Waals surface area contributed by atoms with Gasteiger partial charge in [0.05, 0.1) is 11.6 Å². The zero-order chi connectivity index (χ0) is 13.1. The van der Waals surface area contributed by atoms with Crippen LogP contribution >= 0.6 is 0 Å². The molecule has 1 aliphatic rings. The predicted octanol–water partition coefficient (Wildman–Crippen LogP) is 2.58. The molecule has 1 aromatic carbocycles. The third-order valence-corrected chi connectivity index (χ3v) is 3.38. The monoisotopic (exact) mass is 251 g/mol. The van der Waals surface area contributed by atoms with E-state index in [4.69, 9.17) is 4.74 Å². The summed E-state index contributed by atoms with van der Waals surface area (Å²) < 4.78 is 18.3. The van der Waals surface area contributed by atoms with Crippen LogP contribution in [0.25, 0.3) is 0 Å². The highest BCUT2D eigenvalue weighted by molar-refractivity contribution is 5.98. The van der Waals surface area contributed by atoms with Crippen LogP contribution in [0.5, 0.6) is 5.75 Å². The van der Waals surface area contributed by atoms with Crippen LogP contribution < -0.4 is 4.74 Å². The fourth-order valence-electron chi connectivity index (χ4n) is 2.33. The molecule has 4 heteroatoms. The Morgan fingerprint density at radius 1 is 1.50 bits per heavy atom. The molecule has 0 unspecified atom stereocenters. The molecule has 0 aliphatic carbocycles. The van der Waals surface area contributed by atoms with Crippen molar-refractivity contribution in [1.29, 1.82) is 0 Å². The van der Waals surface area contributed by atoms with Crippen LogP contribution in [0.2, 0.25) is 0 Å². The smallest absolute Gasteiger partial charge is 0.258 e. The van der Waals surface area contributed by atoms with E-state index in [9.17, 15) is 9.18 Å². The van der Waals surface area contributed by atoms with Crippen LogP contribution in [-0.2, 0) is 0 Å². The summed E-state index contributed by atoms with van der Waals surface area (Å²) >= 11 is 0. The van der Waals surface area contributed by atoms with E-state index in [0.29, 0.717) is 17.9 Å². The van der Waals surface area contributed by atoms with E-state index in [0.717, 1.165) is 12.0 Å². The van der Waals surface area contributed by atoms with Crippen molar-refractivity contribution in [3.8, 4) is 5.75 Å². The van der Waals surface area contributed by atoms with Gasteiger partial charge in [0.2, 0.25) is 0 Å². The summed E-state index contributed by atoms with van der Waals surface area (Å²) in [6.07, 6.45) is 0.763. The first-order valence-corrected chi connectivity index (χ1v) is 6.28. The van der Waals surface area contributed by atoms with Crippen LogP contribution in [-0.4, -0.2) is 36.7 Å². The lowest BCUT2D eigenvalue weighted by Crippen LogP contribution is -2.42. The summed E-state index contributed by atoms with van der Waals surface area (Å²) in [5.41, 5.74) is 1.44. The first-order valence-electron chi connectivity index (χ1n) is 6.28. The first kappa shape index (κ1) is 12.9. The quantitative estimate of drug-likeness (QED) is 0.826. The van der Waals surface area contributed by atoms with Gasteiger partial charge in [-0.05, 0) is 25.0 Å². The molecule has 0 N–H and O–H groups in total. The molecule has 0 saturated heterocycles. The minimum atomic E-state index is -0.524. The number of hydrogen-bond donors (Lipinski definition) is 0. The van der Waals surface area contributed by atoms with Gasteiger partial charge in [-0.2, -0.15) is 0 Å². The predicted molar refractivity (Wildman–Crippen MR) is 67.8 cm³/mol. The number of benzene rings is 1. The summed E-state index contributed by atoms with van der Waals surface area (Å²) in [5.74, 6) is 0.491. The molecule has 1 aliphatic heterocycles. The molecule has 0 spiro atoms. The van der Waals surface area contributed by atoms with Crippen LogP contribution in [0.4, 0.5) is 4.39 Å². The minimum absolute atomic E-state index is 0.0555. The molecule has 0 radical (unpaired) electrons. The lowest BCUT2D eigenvalue weighted by molar-refractivity contribution is 0.0633. The van der Waals surface area contributed by atoms with Crippen molar-refractivity contribution in [3.05, 3.63) is 29.3 Å². The summed E-state index contributed by atoms with van der Waals surface area (Å²) in [7, 11) is 0. The fraction of sp³-hybridized carbons (Fsp3) is 0.500. The molecule has 0 saturated carbocycles. The van der Waals surface area contributed by atoms with Gasteiger partial charge in [0.1, 0.15) is 19.0 Å². The van der Waals surface area contributed by atoms with E-state index < -0.39 is 6.67 Å². The molecule has 0 bridgehead atoms. The van der Waals surface area contributed by atoms with E-state index in [1.807, 2.05) is 26.0 Å². The number of rotatable bonds is 3. The highest BCUT2D eigenvalue weighted by atomic mass is 19.1. The molecular weight excluding hydrogens is 233 g/mol. The summed E-state index contributed by atoms with van der Waals surface area (Å²) in [6, 6.07) is 5.49. The SMILES string of the molecule is CC[C@H]1COc2cccc(C)c2C(=O)N1CCF. The number of hydrogen-bond acceptors (Lipinski definition) is 2. The van der Waals surface area contributed by atoms with E-state index in [-0.39, 0.29) is 18.5 Å². The topological polar surface area (TPSA) is 29.5 Å². The number of carbonyl (C=O) groups excluding carboxylic acids is 1. The molecule has 1 amide bonds. The van der Waals surface area contributed by atoms with E-state index >= 15 is 0 Å². The van der Waals surface area contributed by atoms with Crippen molar-refractivity contribution in [3.63, 3.8) is 0 Å². The Bertz CT molecular complexity index is 447. The van der Waals surface area contributed by atoms with Gasteiger partial charge in [-0.15, -0.1) is 0 Å². The maximum Gasteiger partial charge on any atom is 0.258 e. The van der Waals surface area contributed by atoms with Gasteiger partial charge in [-0.1, -0.05) is 19.1 Å². The van der Waals surface area contributed by atoms with Gasteiger partial charge in [0.15, 0.2) is 0 Å². The van der Waals surface area contributed by atoms with E-state index in [2.05, 4.69) is 0 Å².